The van der Waals surface area contributed by atoms with Gasteiger partial charge in [-0.2, -0.15) is 4.98 Å². The van der Waals surface area contributed by atoms with Crippen molar-refractivity contribution in [1.82, 2.24) is 19.5 Å². The number of hydrogen-bond acceptors (Lipinski definition) is 9. The van der Waals surface area contributed by atoms with Crippen molar-refractivity contribution in [1.29, 1.82) is 0 Å². The lowest BCUT2D eigenvalue weighted by molar-refractivity contribution is -0.0511. The average Bonchev–Trinajstić information content (AvgIpc) is 3.23. The van der Waals surface area contributed by atoms with Crippen molar-refractivity contribution in [3.8, 4) is 0 Å². The number of aromatic nitrogens is 4. The quantitative estimate of drug-likeness (QED) is 0.605. The zero-order valence-corrected chi connectivity index (χ0v) is 13.9. The molecule has 0 unspecified atom stereocenters. The zero-order chi connectivity index (χ0) is 18.3. The number of fused-ring (bicyclic) bond motifs is 1. The summed E-state index contributed by atoms with van der Waals surface area (Å²) in [6.07, 6.45) is -3.08. The Kier molecular flexibility index (Phi) is 4.71. The van der Waals surface area contributed by atoms with Crippen LogP contribution in [0.5, 0.6) is 0 Å². The molecule has 0 amide bonds. The highest BCUT2D eigenvalue weighted by molar-refractivity contribution is 5.75. The Morgan fingerprint density at radius 2 is 1.96 bits per heavy atom. The first kappa shape index (κ1) is 17.5. The normalized spacial score (nSPS) is 29.6. The van der Waals surface area contributed by atoms with Crippen molar-refractivity contribution >= 4 is 17.1 Å². The minimum atomic E-state index is -1.28. The number of imidazole rings is 1. The van der Waals surface area contributed by atoms with Gasteiger partial charge in [-0.15, -0.1) is 0 Å². The Balaban J connectivity index is 1.76. The lowest BCUT2D eigenvalue weighted by Crippen LogP contribution is -2.37. The molecule has 0 aromatic carbocycles. The number of morpholine rings is 1. The van der Waals surface area contributed by atoms with Crippen LogP contribution in [0.25, 0.3) is 11.2 Å². The number of aliphatic hydroxyl groups is 3. The van der Waals surface area contributed by atoms with Gasteiger partial charge in [0.15, 0.2) is 11.9 Å². The molecule has 11 heteroatoms. The predicted molar refractivity (Wildman–Crippen MR) is 86.2 cm³/mol. The summed E-state index contributed by atoms with van der Waals surface area (Å²) in [7, 11) is 0. The lowest BCUT2D eigenvalue weighted by Gasteiger charge is -2.27. The van der Waals surface area contributed by atoms with Crippen LogP contribution in [0.15, 0.2) is 6.33 Å². The highest BCUT2D eigenvalue weighted by atomic mass is 19.1. The van der Waals surface area contributed by atoms with Gasteiger partial charge in [-0.25, -0.2) is 14.4 Å². The molecule has 2 aliphatic rings. The fourth-order valence-electron chi connectivity index (χ4n) is 3.26. The molecule has 2 fully saturated rings. The number of rotatable bonds is 4. The standard InChI is InChI=1S/C15H20FN5O5/c16-5-8-10-13(19-15(18-8)20-1-3-25-4-2-20)21(7-17-10)14-12(24)11(23)9(6-22)26-14/h7,9,11-12,14,22-24H,1-6H2/t9-,11-,12-,14-/m1/s1. The van der Waals surface area contributed by atoms with Gasteiger partial charge in [0.2, 0.25) is 5.95 Å². The second-order valence-electron chi connectivity index (χ2n) is 6.26. The Morgan fingerprint density at radius 1 is 1.19 bits per heavy atom. The van der Waals surface area contributed by atoms with Crippen LogP contribution in [0, 0.1) is 0 Å². The van der Waals surface area contributed by atoms with Crippen molar-refractivity contribution < 1.29 is 29.2 Å². The summed E-state index contributed by atoms with van der Waals surface area (Å²) in [6.45, 7) is 0.966. The maximum absolute atomic E-state index is 13.5. The van der Waals surface area contributed by atoms with E-state index in [1.54, 1.807) is 0 Å². The van der Waals surface area contributed by atoms with Crippen LogP contribution < -0.4 is 4.90 Å². The van der Waals surface area contributed by atoms with E-state index in [9.17, 15) is 19.7 Å². The molecule has 142 valence electrons. The Hall–Kier alpha value is -1.92. The molecular weight excluding hydrogens is 349 g/mol. The molecule has 2 aliphatic heterocycles. The molecule has 0 bridgehead atoms. The number of alkyl halides is 1. The molecule has 0 saturated carbocycles. The van der Waals surface area contributed by atoms with E-state index in [0.29, 0.717) is 37.9 Å². The van der Waals surface area contributed by atoms with E-state index in [2.05, 4.69) is 15.0 Å². The Labute approximate surface area is 147 Å². The van der Waals surface area contributed by atoms with Gasteiger partial charge in [-0.3, -0.25) is 4.57 Å². The van der Waals surface area contributed by atoms with Gasteiger partial charge in [0, 0.05) is 13.1 Å². The molecule has 4 heterocycles. The zero-order valence-electron chi connectivity index (χ0n) is 13.9. The van der Waals surface area contributed by atoms with Crippen molar-refractivity contribution in [2.75, 3.05) is 37.8 Å². The number of hydrogen-bond donors (Lipinski definition) is 3. The first-order valence-corrected chi connectivity index (χ1v) is 8.38. The van der Waals surface area contributed by atoms with Crippen LogP contribution in [0.4, 0.5) is 10.3 Å². The summed E-state index contributed by atoms with van der Waals surface area (Å²) >= 11 is 0. The van der Waals surface area contributed by atoms with Gasteiger partial charge in [-0.1, -0.05) is 0 Å². The maximum atomic E-state index is 13.5. The third kappa shape index (κ3) is 2.81. The fraction of sp³-hybridized carbons (Fsp3) is 0.667. The van der Waals surface area contributed by atoms with Crippen LogP contribution >= 0.6 is 0 Å². The van der Waals surface area contributed by atoms with Crippen molar-refractivity contribution in [2.45, 2.75) is 31.2 Å². The van der Waals surface area contributed by atoms with Crippen LogP contribution in [-0.4, -0.2) is 86.1 Å². The fourth-order valence-corrected chi connectivity index (χ4v) is 3.26. The molecule has 3 N–H and O–H groups in total. The summed E-state index contributed by atoms with van der Waals surface area (Å²) in [4.78, 5) is 14.8. The third-order valence-electron chi connectivity index (χ3n) is 4.69. The van der Waals surface area contributed by atoms with Gasteiger partial charge < -0.3 is 29.7 Å². The molecule has 2 aromatic heterocycles. The van der Waals surface area contributed by atoms with E-state index in [-0.39, 0.29) is 11.2 Å². The monoisotopic (exact) mass is 369 g/mol. The average molecular weight is 369 g/mol. The van der Waals surface area contributed by atoms with Crippen molar-refractivity contribution in [3.63, 3.8) is 0 Å². The second-order valence-corrected chi connectivity index (χ2v) is 6.26. The van der Waals surface area contributed by atoms with E-state index < -0.39 is 37.8 Å². The number of nitrogens with zero attached hydrogens (tertiary/aromatic N) is 5. The van der Waals surface area contributed by atoms with Gasteiger partial charge in [-0.05, 0) is 0 Å². The Bertz CT molecular complexity index is 783. The van der Waals surface area contributed by atoms with E-state index >= 15 is 0 Å². The van der Waals surface area contributed by atoms with Crippen LogP contribution in [-0.2, 0) is 16.1 Å². The minimum Gasteiger partial charge on any atom is -0.394 e. The number of halogens is 1. The molecule has 2 saturated heterocycles. The molecule has 0 spiro atoms. The summed E-state index contributed by atoms with van der Waals surface area (Å²) < 4.78 is 25.8. The summed E-state index contributed by atoms with van der Waals surface area (Å²) in [6, 6.07) is 0. The SMILES string of the molecule is OC[C@H]1O[C@@H](n2cnc3c(CF)nc(N4CCOCC4)nc32)[C@H](O)[C@@H]1O. The van der Waals surface area contributed by atoms with Gasteiger partial charge in [0.1, 0.15) is 36.2 Å². The molecule has 0 aliphatic carbocycles. The number of aliphatic hydroxyl groups excluding tert-OH is 3. The van der Waals surface area contributed by atoms with Gasteiger partial charge in [0.25, 0.3) is 0 Å². The smallest absolute Gasteiger partial charge is 0.227 e. The van der Waals surface area contributed by atoms with Crippen LogP contribution in [0.1, 0.15) is 11.9 Å². The van der Waals surface area contributed by atoms with Gasteiger partial charge in [0.05, 0.1) is 26.1 Å². The summed E-state index contributed by atoms with van der Waals surface area (Å²) in [5, 5.41) is 29.5. The van der Waals surface area contributed by atoms with Crippen LogP contribution in [0.2, 0.25) is 0 Å². The third-order valence-corrected chi connectivity index (χ3v) is 4.69. The molecule has 2 aromatic rings. The van der Waals surface area contributed by atoms with Crippen LogP contribution in [0.3, 0.4) is 0 Å². The van der Waals surface area contributed by atoms with E-state index in [0.717, 1.165) is 0 Å². The molecule has 26 heavy (non-hydrogen) atoms. The first-order chi connectivity index (χ1) is 12.6. The van der Waals surface area contributed by atoms with Crippen molar-refractivity contribution in [3.05, 3.63) is 12.0 Å². The van der Waals surface area contributed by atoms with Crippen molar-refractivity contribution in [2.24, 2.45) is 0 Å². The molecule has 10 nitrogen and oxygen atoms in total. The van der Waals surface area contributed by atoms with Gasteiger partial charge >= 0.3 is 0 Å². The molecular formula is C15H20FN5O5. The highest BCUT2D eigenvalue weighted by Gasteiger charge is 2.44. The van der Waals surface area contributed by atoms with E-state index in [1.165, 1.54) is 10.9 Å². The largest absolute Gasteiger partial charge is 0.394 e. The minimum absolute atomic E-state index is 0.141. The topological polar surface area (TPSA) is 126 Å². The molecule has 4 rings (SSSR count). The maximum Gasteiger partial charge on any atom is 0.227 e. The van der Waals surface area contributed by atoms with E-state index in [4.69, 9.17) is 9.47 Å². The number of ether oxygens (including phenoxy) is 2. The Morgan fingerprint density at radius 3 is 2.62 bits per heavy atom. The van der Waals surface area contributed by atoms with E-state index in [1.807, 2.05) is 4.90 Å². The highest BCUT2D eigenvalue weighted by Crippen LogP contribution is 2.32. The summed E-state index contributed by atoms with van der Waals surface area (Å²) in [5.41, 5.74) is 0.702. The first-order valence-electron chi connectivity index (χ1n) is 8.38. The second kappa shape index (κ2) is 7.00. The number of anilines is 1. The summed E-state index contributed by atoms with van der Waals surface area (Å²) in [5.74, 6) is 0.349. The molecule has 0 radical (unpaired) electrons. The molecule has 4 atom stereocenters. The lowest BCUT2D eigenvalue weighted by atomic mass is 10.1. The predicted octanol–water partition coefficient (Wildman–Crippen LogP) is -1.26.